The van der Waals surface area contributed by atoms with Crippen LogP contribution in [0, 0.1) is 5.41 Å². The van der Waals surface area contributed by atoms with Crippen LogP contribution in [-0.2, 0) is 16.2 Å². The normalized spacial score (nSPS) is 16.2. The first-order valence-corrected chi connectivity index (χ1v) is 10.9. The number of rotatable bonds is 6. The topological polar surface area (TPSA) is 41.9 Å². The molecule has 1 aliphatic rings. The summed E-state index contributed by atoms with van der Waals surface area (Å²) in [7, 11) is 0. The van der Waals surface area contributed by atoms with Gasteiger partial charge in [0, 0.05) is 30.0 Å². The number of nitrogens with zero attached hydrogens (tertiary/aromatic N) is 2. The molecular formula is C23H25Cl3N2O2. The van der Waals surface area contributed by atoms with E-state index >= 15 is 0 Å². The minimum Gasteiger partial charge on any atom is -0.390 e. The Labute approximate surface area is 192 Å². The first-order valence-electron chi connectivity index (χ1n) is 9.82. The van der Waals surface area contributed by atoms with Gasteiger partial charge >= 0.3 is 0 Å². The molecule has 2 aromatic carbocycles. The van der Waals surface area contributed by atoms with Gasteiger partial charge in [0.15, 0.2) is 6.10 Å². The molecule has 0 fully saturated rings. The first-order chi connectivity index (χ1) is 14.1. The summed E-state index contributed by atoms with van der Waals surface area (Å²) in [6.45, 7) is 7.01. The molecule has 0 radical (unpaired) electrons. The SMILES string of the molecule is CC(C)(C)CC(=O)N(Cc1ccccc1Cl)C[C@@H]1CC(c2ccc(Cl)c(Cl)c2)=NO1. The van der Waals surface area contributed by atoms with E-state index in [-0.39, 0.29) is 17.4 Å². The van der Waals surface area contributed by atoms with E-state index in [1.54, 1.807) is 12.1 Å². The molecule has 2 aromatic rings. The number of oxime groups is 1. The van der Waals surface area contributed by atoms with Crippen molar-refractivity contribution in [3.05, 3.63) is 68.7 Å². The predicted molar refractivity (Wildman–Crippen MR) is 123 cm³/mol. The summed E-state index contributed by atoms with van der Waals surface area (Å²) >= 11 is 18.5. The summed E-state index contributed by atoms with van der Waals surface area (Å²) in [5.74, 6) is 0.0639. The zero-order valence-corrected chi connectivity index (χ0v) is 19.6. The van der Waals surface area contributed by atoms with Crippen LogP contribution in [0.3, 0.4) is 0 Å². The molecule has 0 N–H and O–H groups in total. The average Bonchev–Trinajstić information content (AvgIpc) is 3.12. The van der Waals surface area contributed by atoms with Crippen molar-refractivity contribution in [3.63, 3.8) is 0 Å². The number of hydrogen-bond acceptors (Lipinski definition) is 3. The average molecular weight is 468 g/mol. The van der Waals surface area contributed by atoms with Crippen LogP contribution in [0.25, 0.3) is 0 Å². The van der Waals surface area contributed by atoms with Gasteiger partial charge in [-0.1, -0.05) is 85.0 Å². The summed E-state index contributed by atoms with van der Waals surface area (Å²) in [5, 5.41) is 5.83. The van der Waals surface area contributed by atoms with Gasteiger partial charge in [0.2, 0.25) is 5.91 Å². The van der Waals surface area contributed by atoms with Crippen LogP contribution in [0.15, 0.2) is 47.6 Å². The smallest absolute Gasteiger partial charge is 0.223 e. The molecule has 0 aromatic heterocycles. The second-order valence-corrected chi connectivity index (χ2v) is 9.92. The van der Waals surface area contributed by atoms with Crippen molar-refractivity contribution >= 4 is 46.4 Å². The molecule has 0 saturated heterocycles. The van der Waals surface area contributed by atoms with E-state index < -0.39 is 0 Å². The van der Waals surface area contributed by atoms with Crippen molar-refractivity contribution in [3.8, 4) is 0 Å². The Morgan fingerprint density at radius 2 is 1.83 bits per heavy atom. The van der Waals surface area contributed by atoms with E-state index in [0.29, 0.717) is 41.0 Å². The van der Waals surface area contributed by atoms with Gasteiger partial charge in [-0.3, -0.25) is 4.79 Å². The number of amides is 1. The third kappa shape index (κ3) is 6.13. The van der Waals surface area contributed by atoms with Crippen molar-refractivity contribution in [2.75, 3.05) is 6.54 Å². The van der Waals surface area contributed by atoms with Gasteiger partial charge in [-0.2, -0.15) is 0 Å². The fraction of sp³-hybridized carbons (Fsp3) is 0.391. The van der Waals surface area contributed by atoms with Gasteiger partial charge in [-0.05, 0) is 29.2 Å². The van der Waals surface area contributed by atoms with Crippen LogP contribution in [0.4, 0.5) is 0 Å². The van der Waals surface area contributed by atoms with Gasteiger partial charge in [-0.15, -0.1) is 0 Å². The maximum atomic E-state index is 13.1. The molecule has 0 bridgehead atoms. The lowest BCUT2D eigenvalue weighted by atomic mass is 9.91. The number of benzene rings is 2. The maximum absolute atomic E-state index is 13.1. The van der Waals surface area contributed by atoms with E-state index in [4.69, 9.17) is 39.6 Å². The number of carbonyl (C=O) groups is 1. The summed E-state index contributed by atoms with van der Waals surface area (Å²) in [4.78, 5) is 20.5. The van der Waals surface area contributed by atoms with Crippen LogP contribution in [0.1, 0.15) is 44.7 Å². The van der Waals surface area contributed by atoms with E-state index in [9.17, 15) is 4.79 Å². The van der Waals surface area contributed by atoms with Crippen molar-refractivity contribution in [1.82, 2.24) is 4.90 Å². The molecule has 4 nitrogen and oxygen atoms in total. The Kier molecular flexibility index (Phi) is 7.33. The van der Waals surface area contributed by atoms with E-state index in [1.165, 1.54) is 0 Å². The summed E-state index contributed by atoms with van der Waals surface area (Å²) < 4.78 is 0. The van der Waals surface area contributed by atoms with Crippen molar-refractivity contribution < 1.29 is 9.63 Å². The maximum Gasteiger partial charge on any atom is 0.223 e. The van der Waals surface area contributed by atoms with Crippen LogP contribution >= 0.6 is 34.8 Å². The Morgan fingerprint density at radius 3 is 2.50 bits per heavy atom. The quantitative estimate of drug-likeness (QED) is 0.480. The molecular weight excluding hydrogens is 443 g/mol. The highest BCUT2D eigenvalue weighted by Gasteiger charge is 2.29. The molecule has 1 aliphatic heterocycles. The monoisotopic (exact) mass is 466 g/mol. The lowest BCUT2D eigenvalue weighted by Crippen LogP contribution is -2.38. The molecule has 1 atom stereocenters. The molecule has 3 rings (SSSR count). The molecule has 160 valence electrons. The molecule has 1 amide bonds. The summed E-state index contributed by atoms with van der Waals surface area (Å²) in [5.41, 5.74) is 2.45. The Bertz CT molecular complexity index is 954. The van der Waals surface area contributed by atoms with Crippen molar-refractivity contribution in [2.45, 2.75) is 46.3 Å². The van der Waals surface area contributed by atoms with Gasteiger partial charge < -0.3 is 9.74 Å². The van der Waals surface area contributed by atoms with Crippen LogP contribution in [-0.4, -0.2) is 29.2 Å². The minimum atomic E-state index is -0.235. The predicted octanol–water partition coefficient (Wildman–Crippen LogP) is 6.60. The van der Waals surface area contributed by atoms with Crippen LogP contribution in [0.5, 0.6) is 0 Å². The Morgan fingerprint density at radius 1 is 1.10 bits per heavy atom. The molecule has 0 saturated carbocycles. The molecule has 7 heteroatoms. The van der Waals surface area contributed by atoms with Gasteiger partial charge in [0.1, 0.15) is 0 Å². The standard InChI is InChI=1S/C23H25Cl3N2O2/c1-23(2,3)12-22(29)28(13-16-6-4-5-7-18(16)24)14-17-11-21(27-30-17)15-8-9-19(25)20(26)10-15/h4-10,17H,11-14H2,1-3H3/t17-/m0/s1. The second-order valence-electron chi connectivity index (χ2n) is 8.70. The van der Waals surface area contributed by atoms with Crippen molar-refractivity contribution in [1.29, 1.82) is 0 Å². The molecule has 0 aliphatic carbocycles. The third-order valence-electron chi connectivity index (χ3n) is 4.76. The first kappa shape index (κ1) is 22.9. The highest BCUT2D eigenvalue weighted by atomic mass is 35.5. The number of carbonyl (C=O) groups excluding carboxylic acids is 1. The highest BCUT2D eigenvalue weighted by Crippen LogP contribution is 2.27. The van der Waals surface area contributed by atoms with Gasteiger partial charge in [-0.25, -0.2) is 0 Å². The van der Waals surface area contributed by atoms with E-state index in [2.05, 4.69) is 25.9 Å². The van der Waals surface area contributed by atoms with Crippen LogP contribution < -0.4 is 0 Å². The zero-order chi connectivity index (χ0) is 21.9. The van der Waals surface area contributed by atoms with E-state index in [1.807, 2.05) is 35.2 Å². The summed E-state index contributed by atoms with van der Waals surface area (Å²) in [6.07, 6.45) is 0.783. The highest BCUT2D eigenvalue weighted by molar-refractivity contribution is 6.42. The molecule has 30 heavy (non-hydrogen) atoms. The number of halogens is 3. The zero-order valence-electron chi connectivity index (χ0n) is 17.3. The van der Waals surface area contributed by atoms with Crippen molar-refractivity contribution in [2.24, 2.45) is 10.6 Å². The largest absolute Gasteiger partial charge is 0.390 e. The number of hydrogen-bond donors (Lipinski definition) is 0. The molecule has 1 heterocycles. The Balaban J connectivity index is 1.72. The fourth-order valence-corrected chi connectivity index (χ4v) is 3.76. The lowest BCUT2D eigenvalue weighted by Gasteiger charge is -2.28. The van der Waals surface area contributed by atoms with E-state index in [0.717, 1.165) is 16.8 Å². The third-order valence-corrected chi connectivity index (χ3v) is 5.87. The lowest BCUT2D eigenvalue weighted by molar-refractivity contribution is -0.135. The van der Waals surface area contributed by atoms with Crippen LogP contribution in [0.2, 0.25) is 15.1 Å². The molecule has 0 unspecified atom stereocenters. The fourth-order valence-electron chi connectivity index (χ4n) is 3.27. The summed E-state index contributed by atoms with van der Waals surface area (Å²) in [6, 6.07) is 13.0. The second kappa shape index (κ2) is 9.59. The van der Waals surface area contributed by atoms with Gasteiger partial charge in [0.25, 0.3) is 0 Å². The Hall–Kier alpha value is -1.75. The minimum absolute atomic E-state index is 0.0639. The van der Waals surface area contributed by atoms with Gasteiger partial charge in [0.05, 0.1) is 22.3 Å². The molecule has 0 spiro atoms.